The Bertz CT molecular complexity index is 1070. The Morgan fingerprint density at radius 2 is 2.00 bits per heavy atom. The minimum Gasteiger partial charge on any atom is -0.480 e. The van der Waals surface area contributed by atoms with Crippen molar-refractivity contribution in [1.29, 1.82) is 0 Å². The number of aryl methyl sites for hydroxylation is 1. The second kappa shape index (κ2) is 6.44. The maximum absolute atomic E-state index is 13.3. The summed E-state index contributed by atoms with van der Waals surface area (Å²) in [6.07, 6.45) is 2.99. The minimum atomic E-state index is -0.879. The number of aromatic nitrogens is 2. The highest BCUT2D eigenvalue weighted by Gasteiger charge is 2.49. The monoisotopic (exact) mass is 395 g/mol. The number of nitrogens with zero attached hydrogens (tertiary/aromatic N) is 3. The van der Waals surface area contributed by atoms with Crippen molar-refractivity contribution < 1.29 is 14.7 Å². The molecule has 144 valence electrons. The van der Waals surface area contributed by atoms with Crippen molar-refractivity contribution in [2.75, 3.05) is 6.54 Å². The summed E-state index contributed by atoms with van der Waals surface area (Å²) < 4.78 is 1.86. The van der Waals surface area contributed by atoms with Crippen LogP contribution >= 0.6 is 11.3 Å². The molecule has 1 amide bonds. The van der Waals surface area contributed by atoms with E-state index in [4.69, 9.17) is 0 Å². The fraction of sp³-hybridized carbons (Fsp3) is 0.381. The van der Waals surface area contributed by atoms with E-state index in [2.05, 4.69) is 5.10 Å². The zero-order valence-electron chi connectivity index (χ0n) is 15.5. The summed E-state index contributed by atoms with van der Waals surface area (Å²) in [4.78, 5) is 28.3. The second-order valence-corrected chi connectivity index (χ2v) is 8.79. The highest BCUT2D eigenvalue weighted by Crippen LogP contribution is 2.43. The molecule has 1 aliphatic carbocycles. The molecule has 1 N–H and O–H groups in total. The highest BCUT2D eigenvalue weighted by molar-refractivity contribution is 7.20. The van der Waals surface area contributed by atoms with Gasteiger partial charge in [-0.15, -0.1) is 11.3 Å². The molecule has 1 saturated carbocycles. The van der Waals surface area contributed by atoms with E-state index in [1.54, 1.807) is 4.90 Å². The Hall–Kier alpha value is -2.67. The van der Waals surface area contributed by atoms with Gasteiger partial charge in [0.15, 0.2) is 0 Å². The highest BCUT2D eigenvalue weighted by atomic mass is 32.1. The van der Waals surface area contributed by atoms with E-state index < -0.39 is 12.0 Å². The molecule has 3 unspecified atom stereocenters. The normalized spacial score (nSPS) is 24.0. The fourth-order valence-corrected chi connectivity index (χ4v) is 6.01. The average molecular weight is 395 g/mol. The molecule has 1 aliphatic heterocycles. The lowest BCUT2D eigenvalue weighted by Crippen LogP contribution is -2.43. The number of hydrogen-bond acceptors (Lipinski definition) is 4. The van der Waals surface area contributed by atoms with Gasteiger partial charge in [0, 0.05) is 11.9 Å². The molecule has 2 fully saturated rings. The van der Waals surface area contributed by atoms with Gasteiger partial charge in [-0.2, -0.15) is 5.10 Å². The Kier molecular flexibility index (Phi) is 4.01. The van der Waals surface area contributed by atoms with E-state index in [-0.39, 0.29) is 11.8 Å². The molecule has 3 heterocycles. The third kappa shape index (κ3) is 2.57. The quantitative estimate of drug-likeness (QED) is 0.733. The number of fused-ring (bicyclic) bond motifs is 2. The summed E-state index contributed by atoms with van der Waals surface area (Å²) in [6.45, 7) is 2.49. The first-order valence-electron chi connectivity index (χ1n) is 9.63. The number of benzene rings is 1. The van der Waals surface area contributed by atoms with E-state index in [1.807, 2.05) is 48.0 Å². The molecule has 0 spiro atoms. The van der Waals surface area contributed by atoms with Gasteiger partial charge < -0.3 is 10.0 Å². The van der Waals surface area contributed by atoms with E-state index in [9.17, 15) is 14.7 Å². The molecule has 2 aromatic heterocycles. The van der Waals surface area contributed by atoms with Gasteiger partial charge in [-0.25, -0.2) is 9.48 Å². The minimum absolute atomic E-state index is 0.0948. The summed E-state index contributed by atoms with van der Waals surface area (Å²) >= 11 is 1.39. The molecule has 3 atom stereocenters. The van der Waals surface area contributed by atoms with Gasteiger partial charge >= 0.3 is 5.97 Å². The molecule has 7 heteroatoms. The number of hydrogen-bond donors (Lipinski definition) is 1. The van der Waals surface area contributed by atoms with Gasteiger partial charge in [0.05, 0.1) is 16.3 Å². The maximum atomic E-state index is 13.3. The SMILES string of the molecule is Cc1nn(-c2ccccc2)c2sc(C(=O)N3CC4CCCC4C3C(=O)O)cc12. The molecule has 0 radical (unpaired) electrons. The van der Waals surface area contributed by atoms with E-state index in [0.29, 0.717) is 17.3 Å². The van der Waals surface area contributed by atoms with Crippen LogP contribution in [0, 0.1) is 18.8 Å². The van der Waals surface area contributed by atoms with Crippen molar-refractivity contribution in [1.82, 2.24) is 14.7 Å². The Labute approximate surface area is 166 Å². The van der Waals surface area contributed by atoms with Gasteiger partial charge in [0.1, 0.15) is 10.9 Å². The van der Waals surface area contributed by atoms with Crippen LogP contribution in [0.1, 0.15) is 34.6 Å². The molecule has 6 nitrogen and oxygen atoms in total. The van der Waals surface area contributed by atoms with Gasteiger partial charge in [-0.05, 0) is 49.8 Å². The Balaban J connectivity index is 1.53. The summed E-state index contributed by atoms with van der Waals surface area (Å²) in [5.41, 5.74) is 1.81. The van der Waals surface area contributed by atoms with Gasteiger partial charge in [0.25, 0.3) is 5.91 Å². The zero-order valence-corrected chi connectivity index (χ0v) is 16.4. The topological polar surface area (TPSA) is 75.4 Å². The molecule has 1 saturated heterocycles. The van der Waals surface area contributed by atoms with Crippen molar-refractivity contribution in [3.63, 3.8) is 0 Å². The number of likely N-dealkylation sites (tertiary alicyclic amines) is 1. The maximum Gasteiger partial charge on any atom is 0.326 e. The largest absolute Gasteiger partial charge is 0.480 e. The van der Waals surface area contributed by atoms with Crippen LogP contribution in [0.3, 0.4) is 0 Å². The van der Waals surface area contributed by atoms with Crippen LogP contribution in [0.4, 0.5) is 0 Å². The second-order valence-electron chi connectivity index (χ2n) is 7.76. The van der Waals surface area contributed by atoms with Crippen LogP contribution in [0.2, 0.25) is 0 Å². The average Bonchev–Trinajstić information content (AvgIpc) is 3.42. The van der Waals surface area contributed by atoms with Crippen molar-refractivity contribution in [3.8, 4) is 5.69 Å². The molecular formula is C21H21N3O3S. The third-order valence-electron chi connectivity index (χ3n) is 6.16. The summed E-state index contributed by atoms with van der Waals surface area (Å²) in [5, 5.41) is 15.3. The number of amides is 1. The number of carbonyl (C=O) groups is 2. The van der Waals surface area contributed by atoms with Gasteiger partial charge in [-0.3, -0.25) is 4.79 Å². The molecule has 1 aromatic carbocycles. The zero-order chi connectivity index (χ0) is 19.4. The molecule has 5 rings (SSSR count). The number of carboxylic acid groups (broad SMARTS) is 1. The predicted octanol–water partition coefficient (Wildman–Crippen LogP) is 3.72. The van der Waals surface area contributed by atoms with Crippen LogP contribution in [-0.2, 0) is 4.79 Å². The van der Waals surface area contributed by atoms with E-state index >= 15 is 0 Å². The summed E-state index contributed by atoms with van der Waals surface area (Å²) in [7, 11) is 0. The first-order chi connectivity index (χ1) is 13.5. The fourth-order valence-electron chi connectivity index (χ4n) is 4.87. The van der Waals surface area contributed by atoms with Crippen LogP contribution in [0.5, 0.6) is 0 Å². The Morgan fingerprint density at radius 3 is 2.75 bits per heavy atom. The lowest BCUT2D eigenvalue weighted by Gasteiger charge is -2.23. The van der Waals surface area contributed by atoms with Gasteiger partial charge in [-0.1, -0.05) is 24.6 Å². The van der Waals surface area contributed by atoms with Crippen LogP contribution < -0.4 is 0 Å². The predicted molar refractivity (Wildman–Crippen MR) is 107 cm³/mol. The number of carbonyl (C=O) groups excluding carboxylic acids is 1. The number of thiophene rings is 1. The first-order valence-corrected chi connectivity index (χ1v) is 10.4. The molecule has 0 bridgehead atoms. The molecular weight excluding hydrogens is 374 g/mol. The lowest BCUT2D eigenvalue weighted by atomic mass is 9.94. The van der Waals surface area contributed by atoms with Crippen molar-refractivity contribution in [2.24, 2.45) is 11.8 Å². The van der Waals surface area contributed by atoms with E-state index in [1.165, 1.54) is 11.3 Å². The molecule has 2 aliphatic rings. The van der Waals surface area contributed by atoms with Crippen molar-refractivity contribution in [3.05, 3.63) is 47.0 Å². The van der Waals surface area contributed by atoms with Crippen LogP contribution in [0.25, 0.3) is 15.9 Å². The van der Waals surface area contributed by atoms with Gasteiger partial charge in [0.2, 0.25) is 0 Å². The van der Waals surface area contributed by atoms with Crippen molar-refractivity contribution in [2.45, 2.75) is 32.2 Å². The van der Waals surface area contributed by atoms with Crippen LogP contribution in [-0.4, -0.2) is 44.3 Å². The molecule has 28 heavy (non-hydrogen) atoms. The van der Waals surface area contributed by atoms with E-state index in [0.717, 1.165) is 40.9 Å². The summed E-state index contributed by atoms with van der Waals surface area (Å²) in [5.74, 6) is -0.629. The number of carboxylic acids is 1. The van der Waals surface area contributed by atoms with Crippen LogP contribution in [0.15, 0.2) is 36.4 Å². The molecule has 3 aromatic rings. The summed E-state index contributed by atoms with van der Waals surface area (Å²) in [6, 6.07) is 11.0. The van der Waals surface area contributed by atoms with Crippen molar-refractivity contribution >= 4 is 33.4 Å². The Morgan fingerprint density at radius 1 is 1.21 bits per heavy atom. The number of aliphatic carboxylic acids is 1. The number of rotatable bonds is 3. The standard InChI is InChI=1S/C21H21N3O3S/c1-12-16-10-17(28-20(16)24(22-12)14-7-3-2-4-8-14)19(25)23-11-13-6-5-9-15(13)18(23)21(26)27/h2-4,7-8,10,13,15,18H,5-6,9,11H2,1H3,(H,26,27). The number of para-hydroxylation sites is 1. The smallest absolute Gasteiger partial charge is 0.326 e. The first kappa shape index (κ1) is 17.4. The third-order valence-corrected chi connectivity index (χ3v) is 7.26. The lowest BCUT2D eigenvalue weighted by molar-refractivity contribution is -0.142.